The standard InChI is InChI=1S/C21H26N2O4/c24-15-16-3-4-20-18(12-16)13-23(9-11-27-20)21(25)17-5-7-22(8-6-17)14-19-2-1-10-26-19/h1-4,10,12,17,24H,5-9,11,13-15H2. The summed E-state index contributed by atoms with van der Waals surface area (Å²) in [7, 11) is 0. The minimum Gasteiger partial charge on any atom is -0.491 e. The average molecular weight is 370 g/mol. The Morgan fingerprint density at radius 1 is 1.19 bits per heavy atom. The maximum atomic E-state index is 13.1. The number of fused-ring (bicyclic) bond motifs is 1. The monoisotopic (exact) mass is 370 g/mol. The van der Waals surface area contributed by atoms with E-state index in [0.29, 0.717) is 19.7 Å². The summed E-state index contributed by atoms with van der Waals surface area (Å²) in [5.74, 6) is 2.08. The van der Waals surface area contributed by atoms with Crippen LogP contribution in [-0.4, -0.2) is 47.1 Å². The van der Waals surface area contributed by atoms with Crippen LogP contribution in [-0.2, 0) is 24.5 Å². The van der Waals surface area contributed by atoms with E-state index in [0.717, 1.165) is 55.1 Å². The van der Waals surface area contributed by atoms with Gasteiger partial charge >= 0.3 is 0 Å². The third-order valence-electron chi connectivity index (χ3n) is 5.50. The average Bonchev–Trinajstić information content (AvgIpc) is 3.11. The molecule has 1 aromatic carbocycles. The number of amides is 1. The number of aliphatic hydroxyl groups excluding tert-OH is 1. The van der Waals surface area contributed by atoms with Gasteiger partial charge in [0.1, 0.15) is 18.1 Å². The Balaban J connectivity index is 1.36. The van der Waals surface area contributed by atoms with Crippen molar-refractivity contribution in [1.29, 1.82) is 0 Å². The van der Waals surface area contributed by atoms with Crippen molar-refractivity contribution in [2.45, 2.75) is 32.5 Å². The molecule has 1 saturated heterocycles. The van der Waals surface area contributed by atoms with Gasteiger partial charge in [-0.05, 0) is 55.8 Å². The summed E-state index contributed by atoms with van der Waals surface area (Å²) in [4.78, 5) is 17.3. The highest BCUT2D eigenvalue weighted by atomic mass is 16.5. The minimum atomic E-state index is -0.00461. The molecule has 27 heavy (non-hydrogen) atoms. The van der Waals surface area contributed by atoms with E-state index in [9.17, 15) is 9.90 Å². The first-order chi connectivity index (χ1) is 13.2. The first kappa shape index (κ1) is 18.1. The van der Waals surface area contributed by atoms with Crippen molar-refractivity contribution >= 4 is 5.91 Å². The van der Waals surface area contributed by atoms with Crippen LogP contribution in [0.2, 0.25) is 0 Å². The lowest BCUT2D eigenvalue weighted by atomic mass is 9.95. The highest BCUT2D eigenvalue weighted by Crippen LogP contribution is 2.27. The Morgan fingerprint density at radius 3 is 2.78 bits per heavy atom. The number of ether oxygens (including phenoxy) is 1. The van der Waals surface area contributed by atoms with Gasteiger partial charge in [0.2, 0.25) is 5.91 Å². The summed E-state index contributed by atoms with van der Waals surface area (Å²) in [6.07, 6.45) is 3.45. The first-order valence-corrected chi connectivity index (χ1v) is 9.62. The second kappa shape index (κ2) is 8.15. The fourth-order valence-corrected chi connectivity index (χ4v) is 3.95. The zero-order valence-corrected chi connectivity index (χ0v) is 15.5. The third-order valence-corrected chi connectivity index (χ3v) is 5.50. The lowest BCUT2D eigenvalue weighted by molar-refractivity contribution is -0.137. The van der Waals surface area contributed by atoms with Crippen LogP contribution >= 0.6 is 0 Å². The Labute approximate surface area is 159 Å². The summed E-state index contributed by atoms with van der Waals surface area (Å²) in [5.41, 5.74) is 1.82. The molecule has 0 aliphatic carbocycles. The van der Waals surface area contributed by atoms with Crippen LogP contribution in [0.15, 0.2) is 41.0 Å². The van der Waals surface area contributed by atoms with Crippen molar-refractivity contribution in [3.05, 3.63) is 53.5 Å². The van der Waals surface area contributed by atoms with Crippen LogP contribution in [0.4, 0.5) is 0 Å². The van der Waals surface area contributed by atoms with Crippen LogP contribution in [0.1, 0.15) is 29.7 Å². The minimum absolute atomic E-state index is 0.00461. The Morgan fingerprint density at radius 2 is 2.04 bits per heavy atom. The zero-order valence-electron chi connectivity index (χ0n) is 15.5. The second-order valence-electron chi connectivity index (χ2n) is 7.34. The van der Waals surface area contributed by atoms with Crippen molar-refractivity contribution in [3.8, 4) is 5.75 Å². The van der Waals surface area contributed by atoms with E-state index in [1.807, 2.05) is 35.2 Å². The number of hydrogen-bond acceptors (Lipinski definition) is 5. The molecule has 1 aromatic heterocycles. The third kappa shape index (κ3) is 4.17. The smallest absolute Gasteiger partial charge is 0.226 e. The maximum absolute atomic E-state index is 13.1. The van der Waals surface area contributed by atoms with Gasteiger partial charge < -0.3 is 19.2 Å². The molecule has 0 atom stereocenters. The van der Waals surface area contributed by atoms with E-state index in [2.05, 4.69) is 4.90 Å². The molecule has 2 aromatic rings. The van der Waals surface area contributed by atoms with E-state index in [-0.39, 0.29) is 18.4 Å². The molecule has 6 heteroatoms. The van der Waals surface area contributed by atoms with E-state index in [1.165, 1.54) is 0 Å². The summed E-state index contributed by atoms with van der Waals surface area (Å²) < 4.78 is 11.2. The number of aliphatic hydroxyl groups is 1. The fourth-order valence-electron chi connectivity index (χ4n) is 3.95. The number of likely N-dealkylation sites (tertiary alicyclic amines) is 1. The summed E-state index contributed by atoms with van der Waals surface area (Å²) >= 11 is 0. The van der Waals surface area contributed by atoms with Gasteiger partial charge in [0, 0.05) is 18.0 Å². The molecule has 0 saturated carbocycles. The van der Waals surface area contributed by atoms with Crippen molar-refractivity contribution < 1.29 is 19.1 Å². The largest absolute Gasteiger partial charge is 0.491 e. The number of benzene rings is 1. The molecular weight excluding hydrogens is 344 g/mol. The Hall–Kier alpha value is -2.31. The van der Waals surface area contributed by atoms with Gasteiger partial charge in [-0.25, -0.2) is 0 Å². The quantitative estimate of drug-likeness (QED) is 0.895. The molecule has 6 nitrogen and oxygen atoms in total. The Kier molecular flexibility index (Phi) is 5.45. The van der Waals surface area contributed by atoms with E-state index in [1.54, 1.807) is 6.26 Å². The molecule has 4 rings (SSSR count). The van der Waals surface area contributed by atoms with Crippen LogP contribution in [0, 0.1) is 5.92 Å². The molecule has 1 N–H and O–H groups in total. The van der Waals surface area contributed by atoms with E-state index in [4.69, 9.17) is 9.15 Å². The number of rotatable bonds is 4. The van der Waals surface area contributed by atoms with Gasteiger partial charge in [0.05, 0.1) is 26.0 Å². The highest BCUT2D eigenvalue weighted by Gasteiger charge is 2.30. The predicted molar refractivity (Wildman–Crippen MR) is 100.0 cm³/mol. The molecule has 3 heterocycles. The maximum Gasteiger partial charge on any atom is 0.226 e. The molecule has 1 fully saturated rings. The Bertz CT molecular complexity index is 766. The van der Waals surface area contributed by atoms with Gasteiger partial charge in [0.25, 0.3) is 0 Å². The molecule has 2 aliphatic heterocycles. The SMILES string of the molecule is O=C(C1CCN(Cc2ccco2)CC1)N1CCOc2ccc(CO)cc2C1. The molecule has 2 aliphatic rings. The van der Waals surface area contributed by atoms with Crippen molar-refractivity contribution in [3.63, 3.8) is 0 Å². The molecule has 0 spiro atoms. The van der Waals surface area contributed by atoms with Crippen LogP contribution < -0.4 is 4.74 Å². The van der Waals surface area contributed by atoms with Crippen molar-refractivity contribution in [1.82, 2.24) is 9.80 Å². The van der Waals surface area contributed by atoms with E-state index < -0.39 is 0 Å². The van der Waals surface area contributed by atoms with Crippen molar-refractivity contribution in [2.24, 2.45) is 5.92 Å². The van der Waals surface area contributed by atoms with Gasteiger partial charge in [0.15, 0.2) is 0 Å². The van der Waals surface area contributed by atoms with E-state index >= 15 is 0 Å². The summed E-state index contributed by atoms with van der Waals surface area (Å²) in [5, 5.41) is 9.37. The summed E-state index contributed by atoms with van der Waals surface area (Å²) in [6, 6.07) is 9.60. The molecule has 1 amide bonds. The van der Waals surface area contributed by atoms with Gasteiger partial charge in [-0.3, -0.25) is 9.69 Å². The number of carbonyl (C=O) groups excluding carboxylic acids is 1. The molecule has 0 unspecified atom stereocenters. The lowest BCUT2D eigenvalue weighted by Gasteiger charge is -2.33. The van der Waals surface area contributed by atoms with Crippen LogP contribution in [0.3, 0.4) is 0 Å². The number of furan rings is 1. The van der Waals surface area contributed by atoms with Crippen LogP contribution in [0.5, 0.6) is 5.75 Å². The fraction of sp³-hybridized carbons (Fsp3) is 0.476. The first-order valence-electron chi connectivity index (χ1n) is 9.62. The van der Waals surface area contributed by atoms with Crippen LogP contribution in [0.25, 0.3) is 0 Å². The normalized spacial score (nSPS) is 18.6. The second-order valence-corrected chi connectivity index (χ2v) is 7.34. The molecular formula is C21H26N2O4. The number of hydrogen-bond donors (Lipinski definition) is 1. The van der Waals surface area contributed by atoms with Crippen molar-refractivity contribution in [2.75, 3.05) is 26.2 Å². The number of piperidine rings is 1. The number of nitrogens with zero attached hydrogens (tertiary/aromatic N) is 2. The van der Waals surface area contributed by atoms with Gasteiger partial charge in [-0.1, -0.05) is 6.07 Å². The topological polar surface area (TPSA) is 66.2 Å². The molecule has 144 valence electrons. The predicted octanol–water partition coefficient (Wildman–Crippen LogP) is 2.41. The molecule has 0 bridgehead atoms. The van der Waals surface area contributed by atoms with Gasteiger partial charge in [-0.2, -0.15) is 0 Å². The highest BCUT2D eigenvalue weighted by molar-refractivity contribution is 5.79. The molecule has 0 radical (unpaired) electrons. The summed E-state index contributed by atoms with van der Waals surface area (Å²) in [6.45, 7) is 4.29. The van der Waals surface area contributed by atoms with Gasteiger partial charge in [-0.15, -0.1) is 0 Å². The number of carbonyl (C=O) groups is 1. The zero-order chi connectivity index (χ0) is 18.6. The lowest BCUT2D eigenvalue weighted by Crippen LogP contribution is -2.42.